The maximum atomic E-state index is 6.04. The fourth-order valence-corrected chi connectivity index (χ4v) is 3.34. The topological polar surface area (TPSA) is 35.3 Å². The van der Waals surface area contributed by atoms with Crippen molar-refractivity contribution in [2.45, 2.75) is 32.6 Å². The second-order valence-corrected chi connectivity index (χ2v) is 6.23. The van der Waals surface area contributed by atoms with Crippen molar-refractivity contribution >= 4 is 0 Å². The van der Waals surface area contributed by atoms with Crippen molar-refractivity contribution in [3.05, 3.63) is 71.1 Å². The van der Waals surface area contributed by atoms with Crippen molar-refractivity contribution in [2.75, 3.05) is 6.61 Å². The van der Waals surface area contributed by atoms with Gasteiger partial charge < -0.3 is 9.15 Å². The quantitative estimate of drug-likeness (QED) is 0.680. The van der Waals surface area contributed by atoms with Crippen LogP contribution >= 0.6 is 0 Å². The van der Waals surface area contributed by atoms with Crippen molar-refractivity contribution in [3.63, 3.8) is 0 Å². The highest BCUT2D eigenvalue weighted by Crippen LogP contribution is 2.30. The van der Waals surface area contributed by atoms with E-state index >= 15 is 0 Å². The lowest BCUT2D eigenvalue weighted by Gasteiger charge is -2.10. The summed E-state index contributed by atoms with van der Waals surface area (Å²) in [6.45, 7) is 2.59. The number of hydrogen-bond acceptors (Lipinski definition) is 3. The van der Waals surface area contributed by atoms with E-state index in [-0.39, 0.29) is 0 Å². The smallest absolute Gasteiger partial charge is 0.226 e. The first kappa shape index (κ1) is 15.0. The van der Waals surface area contributed by atoms with Crippen LogP contribution in [0.25, 0.3) is 11.5 Å². The molecule has 0 saturated heterocycles. The van der Waals surface area contributed by atoms with Crippen molar-refractivity contribution in [1.82, 2.24) is 4.98 Å². The predicted molar refractivity (Wildman–Crippen MR) is 94.3 cm³/mol. The molecule has 1 aromatic heterocycles. The molecule has 3 nitrogen and oxygen atoms in total. The molecule has 0 atom stereocenters. The standard InChI is InChI=1S/C21H21NO2/c1-15-19(22-21(24-15)17-7-3-2-4-8-17)13-14-23-20-12-6-10-16-9-5-11-18(16)20/h2-4,6-8,10,12H,5,9,11,13-14H2,1H3. The molecule has 1 aliphatic rings. The van der Waals surface area contributed by atoms with Crippen LogP contribution in [0.15, 0.2) is 52.9 Å². The monoisotopic (exact) mass is 319 g/mol. The summed E-state index contributed by atoms with van der Waals surface area (Å²) in [5.41, 5.74) is 4.81. The van der Waals surface area contributed by atoms with Gasteiger partial charge in [-0.1, -0.05) is 30.3 Å². The summed E-state index contributed by atoms with van der Waals surface area (Å²) in [5, 5.41) is 0. The molecule has 0 N–H and O–H groups in total. The molecule has 2 aromatic carbocycles. The van der Waals surface area contributed by atoms with Crippen LogP contribution in [-0.2, 0) is 19.3 Å². The summed E-state index contributed by atoms with van der Waals surface area (Å²) in [7, 11) is 0. The fraction of sp³-hybridized carbons (Fsp3) is 0.286. The van der Waals surface area contributed by atoms with Gasteiger partial charge in [-0.3, -0.25) is 0 Å². The van der Waals surface area contributed by atoms with Gasteiger partial charge in [-0.15, -0.1) is 0 Å². The maximum absolute atomic E-state index is 6.04. The second-order valence-electron chi connectivity index (χ2n) is 6.23. The van der Waals surface area contributed by atoms with Gasteiger partial charge in [-0.05, 0) is 55.5 Å². The summed E-state index contributed by atoms with van der Waals surface area (Å²) in [5.74, 6) is 2.59. The van der Waals surface area contributed by atoms with Crippen LogP contribution in [0.2, 0.25) is 0 Å². The Labute approximate surface area is 142 Å². The van der Waals surface area contributed by atoms with Gasteiger partial charge in [0.25, 0.3) is 0 Å². The van der Waals surface area contributed by atoms with Crippen LogP contribution in [0.5, 0.6) is 5.75 Å². The molecule has 122 valence electrons. The van der Waals surface area contributed by atoms with Gasteiger partial charge in [0, 0.05) is 12.0 Å². The summed E-state index contributed by atoms with van der Waals surface area (Å²) < 4.78 is 11.9. The third kappa shape index (κ3) is 2.94. The Bertz CT molecular complexity index is 836. The third-order valence-corrected chi connectivity index (χ3v) is 4.61. The zero-order chi connectivity index (χ0) is 16.4. The molecule has 0 unspecified atom stereocenters. The van der Waals surface area contributed by atoms with Crippen LogP contribution in [0, 0.1) is 6.92 Å². The van der Waals surface area contributed by atoms with Crippen molar-refractivity contribution in [1.29, 1.82) is 0 Å². The fourth-order valence-electron chi connectivity index (χ4n) is 3.34. The van der Waals surface area contributed by atoms with Crippen molar-refractivity contribution in [2.24, 2.45) is 0 Å². The van der Waals surface area contributed by atoms with Crippen molar-refractivity contribution < 1.29 is 9.15 Å². The summed E-state index contributed by atoms with van der Waals surface area (Å²) >= 11 is 0. The highest BCUT2D eigenvalue weighted by atomic mass is 16.5. The molecule has 4 rings (SSSR count). The van der Waals surface area contributed by atoms with Crippen LogP contribution < -0.4 is 4.74 Å². The highest BCUT2D eigenvalue weighted by molar-refractivity contribution is 5.53. The summed E-state index contributed by atoms with van der Waals surface area (Å²) in [6.07, 6.45) is 4.30. The molecular weight excluding hydrogens is 298 g/mol. The molecule has 0 amide bonds. The first-order valence-electron chi connectivity index (χ1n) is 8.56. The Hall–Kier alpha value is -2.55. The van der Waals surface area contributed by atoms with Crippen molar-refractivity contribution in [3.8, 4) is 17.2 Å². The molecule has 0 saturated carbocycles. The number of aromatic nitrogens is 1. The Balaban J connectivity index is 1.44. The van der Waals surface area contributed by atoms with Gasteiger partial charge >= 0.3 is 0 Å². The minimum absolute atomic E-state index is 0.623. The normalized spacial score (nSPS) is 13.0. The van der Waals surface area contributed by atoms with Gasteiger partial charge in [0.05, 0.1) is 12.3 Å². The number of benzene rings is 2. The van der Waals surface area contributed by atoms with E-state index < -0.39 is 0 Å². The maximum Gasteiger partial charge on any atom is 0.226 e. The van der Waals surface area contributed by atoms with Crippen LogP contribution in [-0.4, -0.2) is 11.6 Å². The lowest BCUT2D eigenvalue weighted by Crippen LogP contribution is -2.04. The number of ether oxygens (including phenoxy) is 1. The number of fused-ring (bicyclic) bond motifs is 1. The van der Waals surface area contributed by atoms with Gasteiger partial charge in [-0.25, -0.2) is 4.98 Å². The van der Waals surface area contributed by atoms with E-state index in [1.165, 1.54) is 24.0 Å². The van der Waals surface area contributed by atoms with E-state index in [1.54, 1.807) is 0 Å². The van der Waals surface area contributed by atoms with E-state index in [9.17, 15) is 0 Å². The molecule has 0 fully saturated rings. The first-order chi connectivity index (χ1) is 11.8. The number of hydrogen-bond donors (Lipinski definition) is 0. The van der Waals surface area contributed by atoms with Crippen LogP contribution in [0.3, 0.4) is 0 Å². The molecule has 1 aliphatic carbocycles. The number of rotatable bonds is 5. The van der Waals surface area contributed by atoms with E-state index in [4.69, 9.17) is 9.15 Å². The van der Waals surface area contributed by atoms with E-state index in [1.807, 2.05) is 37.3 Å². The molecule has 0 radical (unpaired) electrons. The Kier molecular flexibility index (Phi) is 4.08. The van der Waals surface area contributed by atoms with Crippen LogP contribution in [0.1, 0.15) is 29.0 Å². The Morgan fingerprint density at radius 1 is 1.04 bits per heavy atom. The Morgan fingerprint density at radius 3 is 2.79 bits per heavy atom. The first-order valence-corrected chi connectivity index (χ1v) is 8.56. The zero-order valence-electron chi connectivity index (χ0n) is 13.9. The molecule has 3 heteroatoms. The van der Waals surface area contributed by atoms with E-state index in [0.717, 1.165) is 35.6 Å². The average molecular weight is 319 g/mol. The van der Waals surface area contributed by atoms with Gasteiger partial charge in [-0.2, -0.15) is 0 Å². The average Bonchev–Trinajstić information content (AvgIpc) is 3.23. The molecule has 1 heterocycles. The highest BCUT2D eigenvalue weighted by Gasteiger charge is 2.16. The van der Waals surface area contributed by atoms with Crippen LogP contribution in [0.4, 0.5) is 0 Å². The second kappa shape index (κ2) is 6.52. The molecule has 0 spiro atoms. The number of nitrogens with zero attached hydrogens (tertiary/aromatic N) is 1. The molecular formula is C21H21NO2. The van der Waals surface area contributed by atoms with E-state index in [0.29, 0.717) is 12.5 Å². The van der Waals surface area contributed by atoms with E-state index in [2.05, 4.69) is 23.2 Å². The SMILES string of the molecule is Cc1oc(-c2ccccc2)nc1CCOc1cccc2c1CCC2. The van der Waals surface area contributed by atoms with Gasteiger partial charge in [0.1, 0.15) is 11.5 Å². The third-order valence-electron chi connectivity index (χ3n) is 4.61. The van der Waals surface area contributed by atoms with Gasteiger partial charge in [0.2, 0.25) is 5.89 Å². The number of oxazole rings is 1. The predicted octanol–water partition coefficient (Wildman–Crippen LogP) is 4.76. The molecule has 24 heavy (non-hydrogen) atoms. The zero-order valence-corrected chi connectivity index (χ0v) is 13.9. The largest absolute Gasteiger partial charge is 0.493 e. The summed E-state index contributed by atoms with van der Waals surface area (Å²) in [6, 6.07) is 16.4. The molecule has 0 bridgehead atoms. The minimum atomic E-state index is 0.623. The summed E-state index contributed by atoms with van der Waals surface area (Å²) in [4.78, 5) is 4.64. The van der Waals surface area contributed by atoms with Gasteiger partial charge in [0.15, 0.2) is 0 Å². The number of aryl methyl sites for hydroxylation is 2. The molecule has 3 aromatic rings. The Morgan fingerprint density at radius 2 is 1.92 bits per heavy atom. The lowest BCUT2D eigenvalue weighted by molar-refractivity contribution is 0.317. The molecule has 0 aliphatic heterocycles. The minimum Gasteiger partial charge on any atom is -0.493 e. The lowest BCUT2D eigenvalue weighted by atomic mass is 10.1.